The predicted molar refractivity (Wildman–Crippen MR) is 81.3 cm³/mol. The first-order valence-electron chi connectivity index (χ1n) is 7.09. The Bertz CT molecular complexity index is 710. The maximum atomic E-state index is 12.2. The number of rotatable bonds is 6. The molecule has 2 rings (SSSR count). The SMILES string of the molecule is CCc1c(C(=O)NCC(C)(O)C(=O)O)cnn1-c1ccccn1. The van der Waals surface area contributed by atoms with Gasteiger partial charge in [0, 0.05) is 6.20 Å². The summed E-state index contributed by atoms with van der Waals surface area (Å²) >= 11 is 0. The second kappa shape index (κ2) is 6.57. The monoisotopic (exact) mass is 318 g/mol. The normalized spacial score (nSPS) is 13.3. The Balaban J connectivity index is 2.22. The lowest BCUT2D eigenvalue weighted by molar-refractivity contribution is -0.155. The van der Waals surface area contributed by atoms with Crippen molar-refractivity contribution in [3.63, 3.8) is 0 Å². The summed E-state index contributed by atoms with van der Waals surface area (Å²) in [4.78, 5) is 27.3. The second-order valence-corrected chi connectivity index (χ2v) is 5.22. The number of amides is 1. The molecule has 0 fully saturated rings. The fraction of sp³-hybridized carbons (Fsp3) is 0.333. The van der Waals surface area contributed by atoms with Gasteiger partial charge in [-0.2, -0.15) is 5.10 Å². The van der Waals surface area contributed by atoms with E-state index in [1.54, 1.807) is 23.0 Å². The van der Waals surface area contributed by atoms with Crippen molar-refractivity contribution >= 4 is 11.9 Å². The van der Waals surface area contributed by atoms with Crippen LogP contribution in [0, 0.1) is 0 Å². The summed E-state index contributed by atoms with van der Waals surface area (Å²) in [6, 6.07) is 5.36. The molecule has 1 atom stereocenters. The Labute approximate surface area is 132 Å². The summed E-state index contributed by atoms with van der Waals surface area (Å²) in [5.41, 5.74) is -1.06. The fourth-order valence-corrected chi connectivity index (χ4v) is 2.00. The Morgan fingerprint density at radius 2 is 2.13 bits per heavy atom. The molecule has 0 saturated heterocycles. The first kappa shape index (κ1) is 16.6. The Morgan fingerprint density at radius 3 is 2.70 bits per heavy atom. The van der Waals surface area contributed by atoms with Gasteiger partial charge in [-0.25, -0.2) is 14.5 Å². The van der Waals surface area contributed by atoms with Gasteiger partial charge in [0.15, 0.2) is 11.4 Å². The molecule has 8 heteroatoms. The van der Waals surface area contributed by atoms with E-state index in [4.69, 9.17) is 5.11 Å². The van der Waals surface area contributed by atoms with Crippen molar-refractivity contribution in [2.24, 2.45) is 0 Å². The molecule has 1 amide bonds. The molecule has 2 aromatic rings. The summed E-state index contributed by atoms with van der Waals surface area (Å²) in [7, 11) is 0. The number of aliphatic carboxylic acids is 1. The van der Waals surface area contributed by atoms with E-state index in [-0.39, 0.29) is 0 Å². The predicted octanol–water partition coefficient (Wildman–Crippen LogP) is 0.395. The minimum absolute atomic E-state index is 0.319. The third-order valence-corrected chi connectivity index (χ3v) is 3.37. The third kappa shape index (κ3) is 3.54. The van der Waals surface area contributed by atoms with E-state index in [0.717, 1.165) is 6.92 Å². The fourth-order valence-electron chi connectivity index (χ4n) is 2.00. The Morgan fingerprint density at radius 1 is 1.39 bits per heavy atom. The minimum Gasteiger partial charge on any atom is -0.479 e. The van der Waals surface area contributed by atoms with Crippen LogP contribution in [0.5, 0.6) is 0 Å². The van der Waals surface area contributed by atoms with Crippen molar-refractivity contribution in [1.29, 1.82) is 0 Å². The van der Waals surface area contributed by atoms with Crippen molar-refractivity contribution in [3.05, 3.63) is 41.9 Å². The number of pyridine rings is 1. The van der Waals surface area contributed by atoms with Crippen LogP contribution in [-0.4, -0.2) is 49.0 Å². The highest BCUT2D eigenvalue weighted by Crippen LogP contribution is 2.14. The molecule has 1 unspecified atom stereocenters. The number of aromatic nitrogens is 3. The van der Waals surface area contributed by atoms with Gasteiger partial charge in [0.25, 0.3) is 5.91 Å². The highest BCUT2D eigenvalue weighted by molar-refractivity contribution is 5.95. The van der Waals surface area contributed by atoms with Crippen LogP contribution < -0.4 is 5.32 Å². The van der Waals surface area contributed by atoms with E-state index in [1.807, 2.05) is 13.0 Å². The number of carboxylic acid groups (broad SMARTS) is 1. The average molecular weight is 318 g/mol. The molecule has 0 bridgehead atoms. The van der Waals surface area contributed by atoms with Crippen molar-refractivity contribution in [2.75, 3.05) is 6.54 Å². The zero-order valence-electron chi connectivity index (χ0n) is 12.9. The van der Waals surface area contributed by atoms with Gasteiger partial charge >= 0.3 is 5.97 Å². The van der Waals surface area contributed by atoms with E-state index in [0.29, 0.717) is 23.5 Å². The standard InChI is InChI=1S/C15H18N4O4/c1-3-11-10(13(20)17-9-15(2,23)14(21)22)8-18-19(11)12-6-4-5-7-16-12/h4-8,23H,3,9H2,1-2H3,(H,17,20)(H,21,22). The molecule has 0 aliphatic rings. The molecule has 122 valence electrons. The summed E-state index contributed by atoms with van der Waals surface area (Å²) in [6.07, 6.45) is 3.56. The maximum Gasteiger partial charge on any atom is 0.337 e. The largest absolute Gasteiger partial charge is 0.479 e. The van der Waals surface area contributed by atoms with Gasteiger partial charge in [0.1, 0.15) is 0 Å². The van der Waals surface area contributed by atoms with Gasteiger partial charge in [-0.05, 0) is 25.5 Å². The second-order valence-electron chi connectivity index (χ2n) is 5.22. The summed E-state index contributed by atoms with van der Waals surface area (Å²) in [5, 5.41) is 25.1. The Hall–Kier alpha value is -2.74. The summed E-state index contributed by atoms with van der Waals surface area (Å²) in [5.74, 6) is -1.32. The van der Waals surface area contributed by atoms with Crippen LogP contribution in [0.4, 0.5) is 0 Å². The summed E-state index contributed by atoms with van der Waals surface area (Å²) < 4.78 is 1.56. The lowest BCUT2D eigenvalue weighted by Gasteiger charge is -2.18. The van der Waals surface area contributed by atoms with E-state index < -0.39 is 24.0 Å². The molecule has 2 heterocycles. The van der Waals surface area contributed by atoms with Crippen LogP contribution in [0.15, 0.2) is 30.6 Å². The molecule has 0 aliphatic heterocycles. The molecule has 0 spiro atoms. The minimum atomic E-state index is -2.03. The van der Waals surface area contributed by atoms with Gasteiger partial charge in [0.05, 0.1) is 24.0 Å². The van der Waals surface area contributed by atoms with Gasteiger partial charge < -0.3 is 15.5 Å². The average Bonchev–Trinajstić information content (AvgIpc) is 2.97. The van der Waals surface area contributed by atoms with Crippen LogP contribution in [0.2, 0.25) is 0 Å². The van der Waals surface area contributed by atoms with Gasteiger partial charge in [-0.3, -0.25) is 4.79 Å². The topological polar surface area (TPSA) is 117 Å². The molecular formula is C15H18N4O4. The smallest absolute Gasteiger partial charge is 0.337 e. The van der Waals surface area contributed by atoms with E-state index in [9.17, 15) is 14.7 Å². The van der Waals surface area contributed by atoms with Crippen LogP contribution >= 0.6 is 0 Å². The molecule has 23 heavy (non-hydrogen) atoms. The number of carboxylic acids is 1. The van der Waals surface area contributed by atoms with E-state index in [2.05, 4.69) is 15.4 Å². The number of hydrogen-bond donors (Lipinski definition) is 3. The molecule has 0 radical (unpaired) electrons. The first-order valence-corrected chi connectivity index (χ1v) is 7.09. The van der Waals surface area contributed by atoms with Crippen molar-refractivity contribution in [1.82, 2.24) is 20.1 Å². The number of hydrogen-bond acceptors (Lipinski definition) is 5. The van der Waals surface area contributed by atoms with Gasteiger partial charge in [-0.15, -0.1) is 0 Å². The van der Waals surface area contributed by atoms with Crippen molar-refractivity contribution < 1.29 is 19.8 Å². The third-order valence-electron chi connectivity index (χ3n) is 3.37. The number of carbonyl (C=O) groups is 2. The highest BCUT2D eigenvalue weighted by atomic mass is 16.4. The zero-order chi connectivity index (χ0) is 17.0. The molecule has 8 nitrogen and oxygen atoms in total. The number of nitrogens with zero attached hydrogens (tertiary/aromatic N) is 3. The van der Waals surface area contributed by atoms with Crippen molar-refractivity contribution in [2.45, 2.75) is 25.9 Å². The zero-order valence-corrected chi connectivity index (χ0v) is 12.9. The molecule has 3 N–H and O–H groups in total. The molecular weight excluding hydrogens is 300 g/mol. The lowest BCUT2D eigenvalue weighted by atomic mass is 10.1. The van der Waals surface area contributed by atoms with Crippen LogP contribution in [-0.2, 0) is 11.2 Å². The summed E-state index contributed by atoms with van der Waals surface area (Å²) in [6.45, 7) is 2.59. The van der Waals surface area contributed by atoms with Crippen LogP contribution in [0.1, 0.15) is 29.9 Å². The quantitative estimate of drug-likeness (QED) is 0.709. The number of carbonyl (C=O) groups excluding carboxylic acids is 1. The lowest BCUT2D eigenvalue weighted by Crippen LogP contribution is -2.46. The highest BCUT2D eigenvalue weighted by Gasteiger charge is 2.31. The van der Waals surface area contributed by atoms with Crippen LogP contribution in [0.3, 0.4) is 0 Å². The molecule has 0 aromatic carbocycles. The van der Waals surface area contributed by atoms with Gasteiger partial charge in [-0.1, -0.05) is 13.0 Å². The van der Waals surface area contributed by atoms with Crippen molar-refractivity contribution in [3.8, 4) is 5.82 Å². The Kier molecular flexibility index (Phi) is 4.75. The molecule has 0 aliphatic carbocycles. The number of aliphatic hydroxyl groups is 1. The first-order chi connectivity index (χ1) is 10.9. The van der Waals surface area contributed by atoms with Crippen LogP contribution in [0.25, 0.3) is 5.82 Å². The maximum absolute atomic E-state index is 12.2. The van der Waals surface area contributed by atoms with E-state index >= 15 is 0 Å². The molecule has 0 saturated carbocycles. The van der Waals surface area contributed by atoms with Gasteiger partial charge in [0.2, 0.25) is 0 Å². The number of nitrogens with one attached hydrogen (secondary N) is 1. The van der Waals surface area contributed by atoms with E-state index in [1.165, 1.54) is 6.20 Å². The molecule has 2 aromatic heterocycles.